The highest BCUT2D eigenvalue weighted by atomic mass is 19.1. The third kappa shape index (κ3) is 7.16. The Hall–Kier alpha value is -1.87. The van der Waals surface area contributed by atoms with Crippen molar-refractivity contribution in [3.8, 4) is 16.9 Å². The smallest absolute Gasteiger partial charge is 0.131 e. The lowest BCUT2D eigenvalue weighted by molar-refractivity contribution is 0.155. The molecule has 0 radical (unpaired) electrons. The third-order valence-electron chi connectivity index (χ3n) is 9.59. The van der Waals surface area contributed by atoms with E-state index < -0.39 is 0 Å². The van der Waals surface area contributed by atoms with Gasteiger partial charge in [0.05, 0.1) is 0 Å². The van der Waals surface area contributed by atoms with Crippen molar-refractivity contribution in [2.45, 2.75) is 116 Å². The Labute approximate surface area is 224 Å². The predicted octanol–water partition coefficient (Wildman–Crippen LogP) is 9.35. The summed E-state index contributed by atoms with van der Waals surface area (Å²) < 4.78 is 15.5. The lowest BCUT2D eigenvalue weighted by atomic mass is 9.68. The fraction of sp³-hybridized carbons (Fsp3) is 0.647. The molecule has 0 atom stereocenters. The number of hydrogen-bond donors (Lipinski definition) is 2. The highest BCUT2D eigenvalue weighted by Crippen LogP contribution is 2.45. The van der Waals surface area contributed by atoms with Gasteiger partial charge in [-0.3, -0.25) is 0 Å². The van der Waals surface area contributed by atoms with Crippen LogP contribution in [-0.2, 0) is 12.8 Å². The van der Waals surface area contributed by atoms with Gasteiger partial charge < -0.3 is 10.2 Å². The average molecular weight is 509 g/mol. The Balaban J connectivity index is 1.36. The second-order valence-electron chi connectivity index (χ2n) is 11.9. The molecule has 2 aliphatic carbocycles. The van der Waals surface area contributed by atoms with Gasteiger partial charge in [-0.2, -0.15) is 0 Å². The number of aromatic hydroxyl groups is 1. The van der Waals surface area contributed by atoms with Crippen molar-refractivity contribution in [1.29, 1.82) is 0 Å². The van der Waals surface area contributed by atoms with Gasteiger partial charge in [0.1, 0.15) is 11.6 Å². The first-order chi connectivity index (χ1) is 18.0. The summed E-state index contributed by atoms with van der Waals surface area (Å²) >= 11 is 0. The van der Waals surface area contributed by atoms with Crippen LogP contribution in [0.3, 0.4) is 0 Å². The number of phenols is 1. The third-order valence-corrected chi connectivity index (χ3v) is 9.59. The fourth-order valence-electron chi connectivity index (χ4n) is 7.25. The molecule has 4 rings (SSSR count). The molecule has 3 heteroatoms. The van der Waals surface area contributed by atoms with Gasteiger partial charge in [-0.25, -0.2) is 4.39 Å². The minimum Gasteiger partial charge on any atom is -0.508 e. The van der Waals surface area contributed by atoms with Crippen LogP contribution in [0.5, 0.6) is 5.75 Å². The molecule has 2 fully saturated rings. The summed E-state index contributed by atoms with van der Waals surface area (Å²) in [5.74, 6) is 3.33. The van der Waals surface area contributed by atoms with Crippen LogP contribution in [0.4, 0.5) is 4.39 Å². The van der Waals surface area contributed by atoms with E-state index in [-0.39, 0.29) is 18.2 Å². The van der Waals surface area contributed by atoms with Crippen molar-refractivity contribution in [2.75, 3.05) is 6.61 Å². The van der Waals surface area contributed by atoms with E-state index in [1.807, 2.05) is 19.1 Å². The molecule has 0 saturated heterocycles. The zero-order valence-corrected chi connectivity index (χ0v) is 23.3. The maximum absolute atomic E-state index is 15.5. The number of rotatable bonds is 11. The molecule has 0 bridgehead atoms. The number of aryl methyl sites for hydroxylation is 2. The van der Waals surface area contributed by atoms with E-state index in [9.17, 15) is 10.2 Å². The Morgan fingerprint density at radius 1 is 0.784 bits per heavy atom. The minimum absolute atomic E-state index is 0.0793. The summed E-state index contributed by atoms with van der Waals surface area (Å²) in [5.41, 5.74) is 4.37. The Morgan fingerprint density at radius 2 is 1.49 bits per heavy atom. The number of phenolic OH excluding ortho intramolecular Hbond substituents is 1. The van der Waals surface area contributed by atoms with Crippen LogP contribution in [0.2, 0.25) is 0 Å². The molecule has 0 unspecified atom stereocenters. The SMILES string of the molecule is CCCCCC1CCC(C2CCC(c3ccc(-c4cc(CCCO)c(O)cc4CC)c(F)c3)CC2)CC1. The van der Waals surface area contributed by atoms with Crippen LogP contribution in [0.25, 0.3) is 11.1 Å². The van der Waals surface area contributed by atoms with Gasteiger partial charge in [-0.1, -0.05) is 64.5 Å². The normalized spacial score (nSPS) is 24.3. The van der Waals surface area contributed by atoms with E-state index >= 15 is 4.39 Å². The molecule has 0 aliphatic heterocycles. The summed E-state index contributed by atoms with van der Waals surface area (Å²) in [5, 5.41) is 19.6. The highest BCUT2D eigenvalue weighted by Gasteiger charge is 2.31. The number of hydrogen-bond acceptors (Lipinski definition) is 2. The maximum Gasteiger partial charge on any atom is 0.131 e. The zero-order valence-electron chi connectivity index (χ0n) is 23.3. The second-order valence-corrected chi connectivity index (χ2v) is 11.9. The maximum atomic E-state index is 15.5. The predicted molar refractivity (Wildman–Crippen MR) is 153 cm³/mol. The molecular formula is C34H49FO2. The van der Waals surface area contributed by atoms with E-state index in [0.717, 1.165) is 46.4 Å². The first kappa shape index (κ1) is 28.1. The van der Waals surface area contributed by atoms with Crippen molar-refractivity contribution in [3.05, 3.63) is 52.8 Å². The zero-order chi connectivity index (χ0) is 26.2. The highest BCUT2D eigenvalue weighted by molar-refractivity contribution is 5.71. The van der Waals surface area contributed by atoms with Crippen molar-refractivity contribution < 1.29 is 14.6 Å². The Morgan fingerprint density at radius 3 is 2.11 bits per heavy atom. The van der Waals surface area contributed by atoms with E-state index in [1.165, 1.54) is 77.0 Å². The topological polar surface area (TPSA) is 40.5 Å². The lowest BCUT2D eigenvalue weighted by Gasteiger charge is -2.38. The number of aliphatic hydroxyl groups excluding tert-OH is 1. The van der Waals surface area contributed by atoms with Gasteiger partial charge in [-0.05, 0) is 122 Å². The van der Waals surface area contributed by atoms with Crippen LogP contribution in [-0.4, -0.2) is 16.8 Å². The van der Waals surface area contributed by atoms with Crippen molar-refractivity contribution in [1.82, 2.24) is 0 Å². The van der Waals surface area contributed by atoms with Crippen molar-refractivity contribution >= 4 is 0 Å². The van der Waals surface area contributed by atoms with E-state index in [0.29, 0.717) is 24.3 Å². The summed E-state index contributed by atoms with van der Waals surface area (Å²) in [6.45, 7) is 4.41. The Bertz CT molecular complexity index is 984. The molecule has 0 aromatic heterocycles. The van der Waals surface area contributed by atoms with E-state index in [2.05, 4.69) is 13.0 Å². The Kier molecular flexibility index (Phi) is 10.5. The van der Waals surface area contributed by atoms with Crippen molar-refractivity contribution in [2.24, 2.45) is 17.8 Å². The number of benzene rings is 2. The fourth-order valence-corrected chi connectivity index (χ4v) is 7.25. The van der Waals surface area contributed by atoms with Gasteiger partial charge in [0.2, 0.25) is 0 Å². The first-order valence-electron chi connectivity index (χ1n) is 15.3. The molecule has 0 heterocycles. The van der Waals surface area contributed by atoms with Gasteiger partial charge in [0, 0.05) is 12.2 Å². The lowest BCUT2D eigenvalue weighted by Crippen LogP contribution is -2.25. The molecule has 2 N–H and O–H groups in total. The molecule has 204 valence electrons. The molecule has 2 aromatic carbocycles. The van der Waals surface area contributed by atoms with E-state index in [4.69, 9.17) is 0 Å². The summed E-state index contributed by atoms with van der Waals surface area (Å²) in [4.78, 5) is 0. The van der Waals surface area contributed by atoms with Crippen LogP contribution in [0.15, 0.2) is 30.3 Å². The quantitative estimate of drug-likeness (QED) is 0.297. The number of unbranched alkanes of at least 4 members (excludes halogenated alkanes) is 2. The summed E-state index contributed by atoms with van der Waals surface area (Å²) in [7, 11) is 0. The molecule has 0 amide bonds. The average Bonchev–Trinajstić information content (AvgIpc) is 2.93. The van der Waals surface area contributed by atoms with Gasteiger partial charge >= 0.3 is 0 Å². The molecule has 2 aromatic rings. The molecular weight excluding hydrogens is 459 g/mol. The molecule has 2 saturated carbocycles. The standard InChI is InChI=1S/C34H49FO2/c1-3-5-6-8-24-10-12-26(13-11-24)27-14-16-28(17-15-27)29-18-19-31(33(35)22-29)32-21-30(9-7-20-36)34(37)23-25(32)4-2/h18-19,21-24,26-28,36-37H,3-17,20H2,1-2H3. The van der Waals surface area contributed by atoms with Gasteiger partial charge in [0.25, 0.3) is 0 Å². The van der Waals surface area contributed by atoms with Gasteiger partial charge in [-0.15, -0.1) is 0 Å². The van der Waals surface area contributed by atoms with E-state index in [1.54, 1.807) is 12.1 Å². The second kappa shape index (κ2) is 13.8. The monoisotopic (exact) mass is 508 g/mol. The first-order valence-corrected chi connectivity index (χ1v) is 15.3. The molecule has 37 heavy (non-hydrogen) atoms. The minimum atomic E-state index is -0.158. The molecule has 2 nitrogen and oxygen atoms in total. The van der Waals surface area contributed by atoms with Crippen LogP contribution >= 0.6 is 0 Å². The number of aliphatic hydroxyl groups is 1. The summed E-state index contributed by atoms with van der Waals surface area (Å²) in [6, 6.07) is 9.57. The summed E-state index contributed by atoms with van der Waals surface area (Å²) in [6.07, 6.45) is 18.2. The number of halogens is 1. The molecule has 0 spiro atoms. The largest absolute Gasteiger partial charge is 0.508 e. The van der Waals surface area contributed by atoms with Gasteiger partial charge in [0.15, 0.2) is 0 Å². The molecule has 2 aliphatic rings. The van der Waals surface area contributed by atoms with Crippen LogP contribution in [0.1, 0.15) is 120 Å². The van der Waals surface area contributed by atoms with Crippen LogP contribution in [0, 0.1) is 23.6 Å². The van der Waals surface area contributed by atoms with Crippen molar-refractivity contribution in [3.63, 3.8) is 0 Å². The van der Waals surface area contributed by atoms with Crippen LogP contribution < -0.4 is 0 Å².